The fourth-order valence-electron chi connectivity index (χ4n) is 2.51. The molecule has 0 aliphatic rings. The number of aromatic nitrogens is 2. The molecule has 0 fully saturated rings. The number of alkyl halides is 3. The predicted molar refractivity (Wildman–Crippen MR) is 88.6 cm³/mol. The Bertz CT molecular complexity index is 935. The van der Waals surface area contributed by atoms with Crippen LogP contribution in [0, 0.1) is 0 Å². The van der Waals surface area contributed by atoms with Crippen LogP contribution in [0.4, 0.5) is 13.2 Å². The molecule has 0 saturated carbocycles. The van der Waals surface area contributed by atoms with Crippen LogP contribution in [-0.4, -0.2) is 22.1 Å². The van der Waals surface area contributed by atoms with Gasteiger partial charge in [-0.3, -0.25) is 4.79 Å². The van der Waals surface area contributed by atoms with Crippen molar-refractivity contribution in [3.63, 3.8) is 0 Å². The zero-order valence-electron chi connectivity index (χ0n) is 13.4. The highest BCUT2D eigenvalue weighted by Crippen LogP contribution is 2.34. The van der Waals surface area contributed by atoms with Gasteiger partial charge in [-0.05, 0) is 29.8 Å². The van der Waals surface area contributed by atoms with E-state index in [2.05, 4.69) is 9.84 Å². The van der Waals surface area contributed by atoms with E-state index in [1.54, 1.807) is 48.7 Å². The molecule has 5 nitrogen and oxygen atoms in total. The van der Waals surface area contributed by atoms with Gasteiger partial charge in [-0.25, -0.2) is 4.68 Å². The number of nitrogens with two attached hydrogens (primary N) is 1. The number of primary amides is 1. The first-order chi connectivity index (χ1) is 12.3. The smallest absolute Gasteiger partial charge is 0.405 e. The average molecular weight is 361 g/mol. The molecule has 134 valence electrons. The molecule has 3 rings (SSSR count). The number of ether oxygens (including phenoxy) is 1. The molecule has 0 radical (unpaired) electrons. The third-order valence-corrected chi connectivity index (χ3v) is 3.53. The number of benzene rings is 2. The largest absolute Gasteiger partial charge is 0.573 e. The molecule has 1 heterocycles. The Labute approximate surface area is 146 Å². The monoisotopic (exact) mass is 361 g/mol. The number of amides is 1. The van der Waals surface area contributed by atoms with E-state index >= 15 is 0 Å². The first-order valence-corrected chi connectivity index (χ1v) is 7.60. The van der Waals surface area contributed by atoms with E-state index in [0.717, 1.165) is 0 Å². The van der Waals surface area contributed by atoms with Gasteiger partial charge in [0.25, 0.3) is 0 Å². The number of rotatable bonds is 5. The number of carbonyl (C=O) groups is 1. The molecule has 0 aliphatic carbocycles. The van der Waals surface area contributed by atoms with Crippen molar-refractivity contribution in [1.29, 1.82) is 0 Å². The highest BCUT2D eigenvalue weighted by molar-refractivity contribution is 5.76. The Kier molecular flexibility index (Phi) is 4.66. The predicted octanol–water partition coefficient (Wildman–Crippen LogP) is 3.47. The molecule has 2 N–H and O–H groups in total. The summed E-state index contributed by atoms with van der Waals surface area (Å²) in [6.07, 6.45) is -3.12. The Morgan fingerprint density at radius 2 is 1.88 bits per heavy atom. The van der Waals surface area contributed by atoms with Gasteiger partial charge in [0, 0.05) is 11.8 Å². The molecular formula is C18H14F3N3O2. The molecule has 1 aromatic heterocycles. The van der Waals surface area contributed by atoms with E-state index in [4.69, 9.17) is 5.73 Å². The van der Waals surface area contributed by atoms with Crippen LogP contribution in [0.2, 0.25) is 0 Å². The van der Waals surface area contributed by atoms with E-state index in [-0.39, 0.29) is 12.2 Å². The molecule has 26 heavy (non-hydrogen) atoms. The normalized spacial score (nSPS) is 11.3. The fourth-order valence-corrected chi connectivity index (χ4v) is 2.51. The summed E-state index contributed by atoms with van der Waals surface area (Å²) in [6, 6.07) is 14.4. The second kappa shape index (κ2) is 6.91. The Morgan fingerprint density at radius 1 is 1.12 bits per heavy atom. The topological polar surface area (TPSA) is 70.1 Å². The quantitative estimate of drug-likeness (QED) is 0.757. The van der Waals surface area contributed by atoms with Crippen molar-refractivity contribution in [3.8, 4) is 22.6 Å². The molecule has 0 saturated heterocycles. The molecule has 3 aromatic rings. The first kappa shape index (κ1) is 17.5. The third kappa shape index (κ3) is 4.21. The molecule has 2 aromatic carbocycles. The van der Waals surface area contributed by atoms with E-state index in [1.807, 2.05) is 0 Å². The zero-order chi connectivity index (χ0) is 18.7. The maximum absolute atomic E-state index is 12.6. The van der Waals surface area contributed by atoms with Crippen molar-refractivity contribution >= 4 is 5.91 Å². The molecule has 1 amide bonds. The highest BCUT2D eigenvalue weighted by Gasteiger charge is 2.32. The van der Waals surface area contributed by atoms with Crippen molar-refractivity contribution in [1.82, 2.24) is 9.78 Å². The SMILES string of the molecule is NC(=O)Cc1ccn(-c2cccc(-c3ccccc3OC(F)(F)F)c2)n1. The number of para-hydroxylation sites is 1. The van der Waals surface area contributed by atoms with Crippen LogP contribution in [0.25, 0.3) is 16.8 Å². The van der Waals surface area contributed by atoms with E-state index in [9.17, 15) is 18.0 Å². The van der Waals surface area contributed by atoms with Crippen molar-refractivity contribution in [2.75, 3.05) is 0 Å². The lowest BCUT2D eigenvalue weighted by atomic mass is 10.0. The molecule has 0 atom stereocenters. The molecule has 8 heteroatoms. The van der Waals surface area contributed by atoms with Gasteiger partial charge in [0.15, 0.2) is 0 Å². The lowest BCUT2D eigenvalue weighted by molar-refractivity contribution is -0.274. The van der Waals surface area contributed by atoms with E-state index < -0.39 is 12.3 Å². The van der Waals surface area contributed by atoms with Crippen LogP contribution in [-0.2, 0) is 11.2 Å². The summed E-state index contributed by atoms with van der Waals surface area (Å²) in [7, 11) is 0. The van der Waals surface area contributed by atoms with Gasteiger partial charge in [-0.1, -0.05) is 30.3 Å². The van der Waals surface area contributed by atoms with Gasteiger partial charge in [-0.2, -0.15) is 5.10 Å². The summed E-state index contributed by atoms with van der Waals surface area (Å²) in [5.41, 5.74) is 7.11. The minimum Gasteiger partial charge on any atom is -0.405 e. The number of nitrogens with zero attached hydrogens (tertiary/aromatic N) is 2. The van der Waals surface area contributed by atoms with Gasteiger partial charge in [0.1, 0.15) is 5.75 Å². The standard InChI is InChI=1S/C18H14F3N3O2/c19-18(20,21)26-16-7-2-1-6-15(16)12-4-3-5-14(10-12)24-9-8-13(23-24)11-17(22)25/h1-10H,11H2,(H2,22,25). The number of halogens is 3. The van der Waals surface area contributed by atoms with E-state index in [1.165, 1.54) is 16.8 Å². The van der Waals surface area contributed by atoms with Gasteiger partial charge in [-0.15, -0.1) is 13.2 Å². The van der Waals surface area contributed by atoms with Gasteiger partial charge >= 0.3 is 6.36 Å². The lowest BCUT2D eigenvalue weighted by Crippen LogP contribution is -2.17. The van der Waals surface area contributed by atoms with Gasteiger partial charge in [0.05, 0.1) is 17.8 Å². The van der Waals surface area contributed by atoms with Crippen molar-refractivity contribution in [2.24, 2.45) is 5.73 Å². The number of hydrogen-bond acceptors (Lipinski definition) is 3. The average Bonchev–Trinajstić information content (AvgIpc) is 3.02. The van der Waals surface area contributed by atoms with Crippen molar-refractivity contribution in [3.05, 3.63) is 66.5 Å². The summed E-state index contributed by atoms with van der Waals surface area (Å²) >= 11 is 0. The highest BCUT2D eigenvalue weighted by atomic mass is 19.4. The van der Waals surface area contributed by atoms with Crippen LogP contribution < -0.4 is 10.5 Å². The van der Waals surface area contributed by atoms with E-state index in [0.29, 0.717) is 22.5 Å². The van der Waals surface area contributed by atoms with Crippen LogP contribution >= 0.6 is 0 Å². The third-order valence-electron chi connectivity index (χ3n) is 3.53. The van der Waals surface area contributed by atoms with Gasteiger partial charge in [0.2, 0.25) is 5.91 Å². The fraction of sp³-hybridized carbons (Fsp3) is 0.111. The Balaban J connectivity index is 1.96. The molecule has 0 spiro atoms. The van der Waals surface area contributed by atoms with Crippen LogP contribution in [0.1, 0.15) is 5.69 Å². The summed E-state index contributed by atoms with van der Waals surface area (Å²) < 4.78 is 43.5. The Hall–Kier alpha value is -3.29. The Morgan fingerprint density at radius 3 is 2.62 bits per heavy atom. The molecular weight excluding hydrogens is 347 g/mol. The second-order valence-electron chi connectivity index (χ2n) is 5.49. The second-order valence-corrected chi connectivity index (χ2v) is 5.49. The molecule has 0 unspecified atom stereocenters. The van der Waals surface area contributed by atoms with Gasteiger partial charge < -0.3 is 10.5 Å². The maximum Gasteiger partial charge on any atom is 0.573 e. The maximum atomic E-state index is 12.6. The minimum atomic E-state index is -4.78. The van der Waals surface area contributed by atoms with Crippen molar-refractivity contribution in [2.45, 2.75) is 12.8 Å². The van der Waals surface area contributed by atoms with Crippen LogP contribution in [0.3, 0.4) is 0 Å². The summed E-state index contributed by atoms with van der Waals surface area (Å²) in [5, 5.41) is 4.24. The lowest BCUT2D eigenvalue weighted by Gasteiger charge is -2.14. The first-order valence-electron chi connectivity index (χ1n) is 7.60. The number of carbonyl (C=O) groups excluding carboxylic acids is 1. The van der Waals surface area contributed by atoms with Crippen LogP contribution in [0.5, 0.6) is 5.75 Å². The number of hydrogen-bond donors (Lipinski definition) is 1. The summed E-state index contributed by atoms with van der Waals surface area (Å²) in [4.78, 5) is 11.0. The molecule has 0 bridgehead atoms. The minimum absolute atomic E-state index is 0.00888. The molecule has 0 aliphatic heterocycles. The van der Waals surface area contributed by atoms with Crippen molar-refractivity contribution < 1.29 is 22.7 Å². The summed E-state index contributed by atoms with van der Waals surface area (Å²) in [6.45, 7) is 0. The van der Waals surface area contributed by atoms with Crippen LogP contribution in [0.15, 0.2) is 60.8 Å². The zero-order valence-corrected chi connectivity index (χ0v) is 13.4. The summed E-state index contributed by atoms with van der Waals surface area (Å²) in [5.74, 6) is -0.783.